The normalized spacial score (nSPS) is 22.5. The summed E-state index contributed by atoms with van der Waals surface area (Å²) in [5.41, 5.74) is 4.59. The summed E-state index contributed by atoms with van der Waals surface area (Å²) in [4.78, 5) is 36.3. The van der Waals surface area contributed by atoms with Crippen LogP contribution in [0.3, 0.4) is 0 Å². The number of carbonyl (C=O) groups is 3. The Hall–Kier alpha value is -1.59. The van der Waals surface area contributed by atoms with E-state index in [0.717, 1.165) is 33.4 Å². The molecule has 59 heavy (non-hydrogen) atoms. The minimum atomic E-state index is -0.717. The Morgan fingerprint density at radius 2 is 1.24 bits per heavy atom. The Kier molecular flexibility index (Phi) is 17.6. The van der Waals surface area contributed by atoms with Crippen LogP contribution in [0.5, 0.6) is 0 Å². The maximum Gasteiger partial charge on any atom is 1.00 e. The number of aryl methyl sites for hydroxylation is 4. The maximum absolute atomic E-state index is 12.8. The SMILES string of the molecule is COC(C)(C)C.Cc1cc(Cl)cc(C)c1C1=C(O)C2(CCC3(CC2)OCCO3)NC1=O.Cc1cc(Cl)cc(C)c1CC(=O)NC1(COC=O)CCC2(CC1)OCCO2.[K+]. The molecule has 2 aliphatic carbocycles. The van der Waals surface area contributed by atoms with Crippen molar-refractivity contribution in [3.8, 4) is 0 Å². The number of rotatable bonds is 7. The fourth-order valence-electron chi connectivity index (χ4n) is 8.54. The number of halogens is 2. The third-order valence-corrected chi connectivity index (χ3v) is 12.4. The molecular formula is C44H60Cl2KN2O10+. The molecule has 15 heteroatoms. The molecule has 2 aromatic carbocycles. The van der Waals surface area contributed by atoms with Crippen LogP contribution in [0.4, 0.5) is 0 Å². The van der Waals surface area contributed by atoms with Gasteiger partial charge in [0.15, 0.2) is 11.6 Å². The Labute approximate surface area is 401 Å². The number of methoxy groups -OCH3 is 1. The van der Waals surface area contributed by atoms with E-state index in [-0.39, 0.29) is 87.6 Å². The van der Waals surface area contributed by atoms with Crippen molar-refractivity contribution in [3.05, 3.63) is 73.5 Å². The molecule has 0 radical (unpaired) electrons. The summed E-state index contributed by atoms with van der Waals surface area (Å²) in [5, 5.41) is 18.5. The Morgan fingerprint density at radius 1 is 0.814 bits per heavy atom. The molecule has 0 atom stereocenters. The first-order valence-corrected chi connectivity index (χ1v) is 20.8. The number of hydrogen-bond acceptors (Lipinski definition) is 10. The summed E-state index contributed by atoms with van der Waals surface area (Å²) in [7, 11) is 1.71. The second kappa shape index (κ2) is 20.7. The first-order chi connectivity index (χ1) is 27.3. The van der Waals surface area contributed by atoms with E-state index in [1.54, 1.807) is 7.11 Å². The number of ether oxygens (including phenoxy) is 6. The molecule has 0 unspecified atom stereocenters. The van der Waals surface area contributed by atoms with Crippen molar-refractivity contribution in [1.82, 2.24) is 10.6 Å². The van der Waals surface area contributed by atoms with Crippen LogP contribution in [-0.4, -0.2) is 91.8 Å². The number of nitrogens with one attached hydrogen (secondary N) is 2. The van der Waals surface area contributed by atoms with Crippen LogP contribution < -0.4 is 62.0 Å². The maximum atomic E-state index is 12.8. The smallest absolute Gasteiger partial charge is 0.509 e. The van der Waals surface area contributed by atoms with Gasteiger partial charge in [-0.3, -0.25) is 14.4 Å². The zero-order valence-corrected chi connectivity index (χ0v) is 40.8. The summed E-state index contributed by atoms with van der Waals surface area (Å²) in [6.45, 7) is 16.8. The molecule has 0 bridgehead atoms. The van der Waals surface area contributed by atoms with Crippen molar-refractivity contribution < 1.29 is 99.3 Å². The fraction of sp³-hybridized carbons (Fsp3) is 0.614. The standard InChI is InChI=1S/C20H26ClNO5.C19H22ClNO4.C5H12O.K/c1-14-9-16(21)10-15(2)17(14)11-18(24)22-19(12-25-13-23)3-5-20(6-4-19)26-7-8-27-20;1-11-9-13(20)10-12(2)14(11)15-16(22)18(21-17(15)23)3-5-19(6-4-18)24-7-8-25-19;1-5(2,3)6-4;/h9-10,13H,3-8,11-12H2,1-2H3,(H,22,24);9-10,22H,3-8H2,1-2H3,(H,21,23);1-4H3;/q;;;+1. The predicted octanol–water partition coefficient (Wildman–Crippen LogP) is 4.69. The minimum Gasteiger partial charge on any atom is -0.509 e. The molecule has 3 N–H and O–H groups in total. The largest absolute Gasteiger partial charge is 1.00 e. The van der Waals surface area contributed by atoms with Gasteiger partial charge in [0, 0.05) is 42.8 Å². The average Bonchev–Trinajstić information content (AvgIpc) is 3.88. The van der Waals surface area contributed by atoms with E-state index in [4.69, 9.17) is 51.6 Å². The second-order valence-corrected chi connectivity index (χ2v) is 18.0. The number of carbonyl (C=O) groups excluding carboxylic acids is 3. The third kappa shape index (κ3) is 12.3. The molecule has 12 nitrogen and oxygen atoms in total. The van der Waals surface area contributed by atoms with Gasteiger partial charge in [-0.15, -0.1) is 0 Å². The Bertz CT molecular complexity index is 1800. The van der Waals surface area contributed by atoms with E-state index in [1.165, 1.54) is 0 Å². The molecule has 2 aromatic rings. The van der Waals surface area contributed by atoms with Crippen LogP contribution in [-0.2, 0) is 49.2 Å². The van der Waals surface area contributed by atoms with Crippen molar-refractivity contribution in [1.29, 1.82) is 0 Å². The van der Waals surface area contributed by atoms with Gasteiger partial charge in [-0.1, -0.05) is 23.2 Å². The minimum absolute atomic E-state index is 0. The summed E-state index contributed by atoms with van der Waals surface area (Å²) < 4.78 is 33.0. The number of benzene rings is 2. The molecule has 2 saturated heterocycles. The van der Waals surface area contributed by atoms with Crippen molar-refractivity contribution in [3.63, 3.8) is 0 Å². The van der Waals surface area contributed by atoms with Gasteiger partial charge in [0.1, 0.15) is 12.4 Å². The summed E-state index contributed by atoms with van der Waals surface area (Å²) >= 11 is 12.2. The molecule has 3 aliphatic heterocycles. The monoisotopic (exact) mass is 885 g/mol. The molecule has 3 spiro atoms. The fourth-order valence-corrected chi connectivity index (χ4v) is 9.20. The van der Waals surface area contributed by atoms with Crippen molar-refractivity contribution in [2.45, 2.75) is 135 Å². The van der Waals surface area contributed by atoms with E-state index in [2.05, 4.69) is 10.6 Å². The molecule has 0 aromatic heterocycles. The first kappa shape index (κ1) is 50.1. The second-order valence-electron chi connectivity index (χ2n) is 17.1. The van der Waals surface area contributed by atoms with Gasteiger partial charge < -0.3 is 44.2 Å². The van der Waals surface area contributed by atoms with Crippen molar-refractivity contribution in [2.24, 2.45) is 0 Å². The molecule has 5 aliphatic rings. The Balaban J connectivity index is 0.000000226. The van der Waals surface area contributed by atoms with Gasteiger partial charge >= 0.3 is 51.4 Å². The van der Waals surface area contributed by atoms with Crippen LogP contribution in [0.15, 0.2) is 30.0 Å². The van der Waals surface area contributed by atoms with Gasteiger partial charge in [-0.25, -0.2) is 0 Å². The predicted molar refractivity (Wildman–Crippen MR) is 222 cm³/mol. The van der Waals surface area contributed by atoms with Crippen LogP contribution in [0.25, 0.3) is 5.57 Å². The molecule has 2 saturated carbocycles. The molecular weight excluding hydrogens is 826 g/mol. The number of amides is 2. The van der Waals surface area contributed by atoms with Crippen LogP contribution in [0.1, 0.15) is 106 Å². The van der Waals surface area contributed by atoms with Gasteiger partial charge in [-0.2, -0.15) is 0 Å². The number of aliphatic hydroxyl groups excluding tert-OH is 1. The number of aliphatic hydroxyl groups is 1. The molecule has 4 fully saturated rings. The summed E-state index contributed by atoms with van der Waals surface area (Å²) in [6, 6.07) is 7.36. The van der Waals surface area contributed by atoms with Crippen LogP contribution in [0.2, 0.25) is 10.0 Å². The van der Waals surface area contributed by atoms with Gasteiger partial charge in [0.05, 0.1) is 55.1 Å². The Morgan fingerprint density at radius 3 is 1.66 bits per heavy atom. The van der Waals surface area contributed by atoms with E-state index in [0.29, 0.717) is 99.9 Å². The molecule has 2 amide bonds. The quantitative estimate of drug-likeness (QED) is 0.264. The third-order valence-electron chi connectivity index (χ3n) is 11.9. The van der Waals surface area contributed by atoms with E-state index < -0.39 is 22.7 Å². The molecule has 7 rings (SSSR count). The van der Waals surface area contributed by atoms with Gasteiger partial charge in [0.25, 0.3) is 12.4 Å². The topological polar surface area (TPSA) is 151 Å². The van der Waals surface area contributed by atoms with E-state index >= 15 is 0 Å². The summed E-state index contributed by atoms with van der Waals surface area (Å²) in [6.07, 6.45) is 5.35. The first-order valence-electron chi connectivity index (χ1n) is 20.1. The van der Waals surface area contributed by atoms with Crippen molar-refractivity contribution in [2.75, 3.05) is 40.1 Å². The van der Waals surface area contributed by atoms with Gasteiger partial charge in [-0.05, 0) is 132 Å². The van der Waals surface area contributed by atoms with E-state index in [1.807, 2.05) is 72.7 Å². The zero-order valence-electron chi connectivity index (χ0n) is 36.2. The van der Waals surface area contributed by atoms with Crippen molar-refractivity contribution >= 4 is 47.1 Å². The van der Waals surface area contributed by atoms with Crippen LogP contribution >= 0.6 is 23.2 Å². The zero-order chi connectivity index (χ0) is 42.5. The average molecular weight is 887 g/mol. The summed E-state index contributed by atoms with van der Waals surface area (Å²) in [5.74, 6) is -1.26. The number of hydrogen-bond donors (Lipinski definition) is 3. The molecule has 3 heterocycles. The van der Waals surface area contributed by atoms with Crippen LogP contribution in [0, 0.1) is 27.7 Å². The molecule has 320 valence electrons. The van der Waals surface area contributed by atoms with Gasteiger partial charge in [0.2, 0.25) is 5.91 Å². The van der Waals surface area contributed by atoms with E-state index in [9.17, 15) is 19.5 Å².